The molecule has 0 aromatic carbocycles. The summed E-state index contributed by atoms with van der Waals surface area (Å²) in [6.07, 6.45) is 67.4. The third kappa shape index (κ3) is 51.7. The van der Waals surface area contributed by atoms with Crippen molar-refractivity contribution in [3.8, 4) is 0 Å². The van der Waals surface area contributed by atoms with Crippen LogP contribution in [-0.4, -0.2) is 37.2 Å². The van der Waals surface area contributed by atoms with Crippen LogP contribution in [0.4, 0.5) is 0 Å². The average molecular weight is 907 g/mol. The van der Waals surface area contributed by atoms with E-state index in [2.05, 4.69) is 93.7 Å². The second-order valence-corrected chi connectivity index (χ2v) is 18.1. The lowest BCUT2D eigenvalue weighted by Crippen LogP contribution is -2.30. The van der Waals surface area contributed by atoms with E-state index in [1.807, 2.05) is 0 Å². The van der Waals surface area contributed by atoms with Crippen molar-refractivity contribution >= 4 is 17.9 Å². The summed E-state index contributed by atoms with van der Waals surface area (Å²) in [5, 5.41) is 0. The predicted octanol–water partition coefficient (Wildman–Crippen LogP) is 18.2. The molecule has 65 heavy (non-hydrogen) atoms. The molecule has 0 fully saturated rings. The number of hydrogen-bond acceptors (Lipinski definition) is 6. The van der Waals surface area contributed by atoms with E-state index in [1.54, 1.807) is 0 Å². The van der Waals surface area contributed by atoms with Gasteiger partial charge in [0.1, 0.15) is 13.2 Å². The van der Waals surface area contributed by atoms with Crippen LogP contribution >= 0.6 is 0 Å². The summed E-state index contributed by atoms with van der Waals surface area (Å²) in [4.78, 5) is 38.0. The van der Waals surface area contributed by atoms with E-state index in [9.17, 15) is 14.4 Å². The molecule has 374 valence electrons. The smallest absolute Gasteiger partial charge is 0.306 e. The van der Waals surface area contributed by atoms with Gasteiger partial charge < -0.3 is 14.2 Å². The van der Waals surface area contributed by atoms with Gasteiger partial charge in [0.05, 0.1) is 0 Å². The lowest BCUT2D eigenvalue weighted by atomic mass is 10.0. The van der Waals surface area contributed by atoms with Crippen LogP contribution in [0.25, 0.3) is 0 Å². The van der Waals surface area contributed by atoms with Crippen molar-refractivity contribution in [2.75, 3.05) is 13.2 Å². The quantitative estimate of drug-likeness (QED) is 0.0262. The Morgan fingerprint density at radius 2 is 0.569 bits per heavy atom. The van der Waals surface area contributed by atoms with Crippen LogP contribution in [-0.2, 0) is 28.6 Å². The number of ether oxygens (including phenoxy) is 3. The first-order valence-corrected chi connectivity index (χ1v) is 27.4. The van der Waals surface area contributed by atoms with Gasteiger partial charge in [0.2, 0.25) is 0 Å². The fraction of sp³-hybridized carbons (Fsp3) is 0.746. The van der Waals surface area contributed by atoms with Gasteiger partial charge in [-0.3, -0.25) is 14.4 Å². The third-order valence-electron chi connectivity index (χ3n) is 11.7. The zero-order valence-electron chi connectivity index (χ0n) is 42.7. The fourth-order valence-electron chi connectivity index (χ4n) is 7.52. The molecule has 0 amide bonds. The molecule has 0 saturated heterocycles. The summed E-state index contributed by atoms with van der Waals surface area (Å²) in [6, 6.07) is 0. The van der Waals surface area contributed by atoms with Crippen molar-refractivity contribution in [2.45, 2.75) is 271 Å². The molecule has 0 aromatic heterocycles. The standard InChI is InChI=1S/C59H102O6/c1-4-7-10-13-16-19-22-25-27-29-31-34-37-40-43-46-49-52-58(61)64-55-56(54-63-57(60)51-48-45-42-39-36-33-24-21-18-15-12-9-6-3)65-59(62)53-50-47-44-41-38-35-32-30-28-26-23-20-17-14-11-8-5-2/h16-17,19-20,25-28,31,34,40,43,56H,4-15,18,21-24,29-30,32-33,35-39,41-42,44-55H2,1-3H3/b19-16-,20-17-,27-25-,28-26-,34-31-,43-40-/t56-/m1/s1. The first-order chi connectivity index (χ1) is 32.0. The number of carbonyl (C=O) groups is 3. The molecule has 1 atom stereocenters. The van der Waals surface area contributed by atoms with Crippen molar-refractivity contribution in [1.82, 2.24) is 0 Å². The van der Waals surface area contributed by atoms with Gasteiger partial charge in [0.25, 0.3) is 0 Å². The van der Waals surface area contributed by atoms with Gasteiger partial charge in [-0.05, 0) is 89.9 Å². The highest BCUT2D eigenvalue weighted by Crippen LogP contribution is 2.15. The van der Waals surface area contributed by atoms with Crippen molar-refractivity contribution < 1.29 is 28.6 Å². The van der Waals surface area contributed by atoms with Crippen molar-refractivity contribution in [3.63, 3.8) is 0 Å². The van der Waals surface area contributed by atoms with Crippen molar-refractivity contribution in [2.24, 2.45) is 0 Å². The monoisotopic (exact) mass is 907 g/mol. The average Bonchev–Trinajstić information content (AvgIpc) is 3.30. The first-order valence-electron chi connectivity index (χ1n) is 27.4. The number of rotatable bonds is 49. The molecule has 0 rings (SSSR count). The topological polar surface area (TPSA) is 78.9 Å². The maximum Gasteiger partial charge on any atom is 0.306 e. The molecular weight excluding hydrogens is 805 g/mol. The highest BCUT2D eigenvalue weighted by atomic mass is 16.6. The molecule has 0 spiro atoms. The van der Waals surface area contributed by atoms with Crippen LogP contribution in [0.2, 0.25) is 0 Å². The van der Waals surface area contributed by atoms with Crippen LogP contribution in [0.1, 0.15) is 265 Å². The molecule has 0 aromatic rings. The Balaban J connectivity index is 4.47. The molecular formula is C59H102O6. The number of carbonyl (C=O) groups excluding carboxylic acids is 3. The highest BCUT2D eigenvalue weighted by Gasteiger charge is 2.19. The van der Waals surface area contributed by atoms with Crippen LogP contribution in [0, 0.1) is 0 Å². The Hall–Kier alpha value is -3.15. The molecule has 0 aliphatic heterocycles. The summed E-state index contributed by atoms with van der Waals surface area (Å²) < 4.78 is 16.8. The Bertz CT molecular complexity index is 1230. The molecule has 0 saturated carbocycles. The van der Waals surface area contributed by atoms with E-state index < -0.39 is 6.10 Å². The minimum atomic E-state index is -0.800. The van der Waals surface area contributed by atoms with Gasteiger partial charge in [0.15, 0.2) is 6.10 Å². The second kappa shape index (κ2) is 53.5. The van der Waals surface area contributed by atoms with Gasteiger partial charge in [-0.2, -0.15) is 0 Å². The SMILES string of the molecule is CCCCC/C=C\C/C=C\C/C=C\C/C=C\CCCC(=O)OC[C@@H](COC(=O)CCCCCCCCCCCCCCC)OC(=O)CCCCCCCCC/C=C\C/C=C\CCCCC. The Morgan fingerprint density at radius 1 is 0.308 bits per heavy atom. The van der Waals surface area contributed by atoms with Gasteiger partial charge in [0, 0.05) is 19.3 Å². The molecule has 0 bridgehead atoms. The van der Waals surface area contributed by atoms with E-state index in [-0.39, 0.29) is 37.5 Å². The molecule has 0 aliphatic carbocycles. The first kappa shape index (κ1) is 61.9. The lowest BCUT2D eigenvalue weighted by molar-refractivity contribution is -0.167. The van der Waals surface area contributed by atoms with Crippen LogP contribution in [0.15, 0.2) is 72.9 Å². The zero-order valence-corrected chi connectivity index (χ0v) is 42.7. The maximum atomic E-state index is 12.8. The predicted molar refractivity (Wildman–Crippen MR) is 279 cm³/mol. The summed E-state index contributed by atoms with van der Waals surface area (Å²) >= 11 is 0. The molecule has 6 heteroatoms. The van der Waals surface area contributed by atoms with Crippen molar-refractivity contribution in [1.29, 1.82) is 0 Å². The zero-order chi connectivity index (χ0) is 47.2. The third-order valence-corrected chi connectivity index (χ3v) is 11.7. The number of hydrogen-bond donors (Lipinski definition) is 0. The second-order valence-electron chi connectivity index (χ2n) is 18.1. The van der Waals surface area contributed by atoms with Crippen molar-refractivity contribution in [3.05, 3.63) is 72.9 Å². The minimum Gasteiger partial charge on any atom is -0.462 e. The molecule has 0 aliphatic rings. The van der Waals surface area contributed by atoms with E-state index in [4.69, 9.17) is 14.2 Å². The molecule has 6 nitrogen and oxygen atoms in total. The van der Waals surface area contributed by atoms with Gasteiger partial charge in [-0.1, -0.05) is 229 Å². The Morgan fingerprint density at radius 3 is 0.954 bits per heavy atom. The van der Waals surface area contributed by atoms with Crippen LogP contribution in [0.3, 0.4) is 0 Å². The normalized spacial score (nSPS) is 12.6. The largest absolute Gasteiger partial charge is 0.462 e. The van der Waals surface area contributed by atoms with Crippen LogP contribution in [0.5, 0.6) is 0 Å². The van der Waals surface area contributed by atoms with E-state index in [1.165, 1.54) is 141 Å². The van der Waals surface area contributed by atoms with Gasteiger partial charge in [-0.25, -0.2) is 0 Å². The van der Waals surface area contributed by atoms with E-state index in [0.29, 0.717) is 19.3 Å². The van der Waals surface area contributed by atoms with Gasteiger partial charge >= 0.3 is 17.9 Å². The summed E-state index contributed by atoms with van der Waals surface area (Å²) in [5.41, 5.74) is 0. The fourth-order valence-corrected chi connectivity index (χ4v) is 7.52. The number of unbranched alkanes of at least 4 members (excludes halogenated alkanes) is 26. The highest BCUT2D eigenvalue weighted by molar-refractivity contribution is 5.71. The minimum absolute atomic E-state index is 0.0938. The Kier molecular flexibility index (Phi) is 50.9. The molecule has 0 N–H and O–H groups in total. The van der Waals surface area contributed by atoms with Gasteiger partial charge in [-0.15, -0.1) is 0 Å². The Labute approximate surface area is 402 Å². The molecule has 0 heterocycles. The lowest BCUT2D eigenvalue weighted by Gasteiger charge is -2.18. The van der Waals surface area contributed by atoms with E-state index >= 15 is 0 Å². The molecule has 0 unspecified atom stereocenters. The number of esters is 3. The summed E-state index contributed by atoms with van der Waals surface area (Å²) in [6.45, 7) is 6.54. The van der Waals surface area contributed by atoms with Crippen LogP contribution < -0.4 is 0 Å². The number of allylic oxidation sites excluding steroid dienone is 12. The molecule has 0 radical (unpaired) electrons. The maximum absolute atomic E-state index is 12.8. The van der Waals surface area contributed by atoms with E-state index in [0.717, 1.165) is 77.0 Å². The summed E-state index contributed by atoms with van der Waals surface area (Å²) in [5.74, 6) is -0.955. The summed E-state index contributed by atoms with van der Waals surface area (Å²) in [7, 11) is 0.